The van der Waals surface area contributed by atoms with Crippen LogP contribution in [0.25, 0.3) is 185 Å². The number of nitrogens with zero attached hydrogens (tertiary/aromatic N) is 4. The molecule has 0 amide bonds. The first-order chi connectivity index (χ1) is 54.3. The van der Waals surface area contributed by atoms with Gasteiger partial charge in [0.05, 0.1) is 28.2 Å². The Morgan fingerprint density at radius 3 is 1.24 bits per heavy atom. The van der Waals surface area contributed by atoms with E-state index in [2.05, 4.69) is 378 Å². The van der Waals surface area contributed by atoms with E-state index in [4.69, 9.17) is 19.9 Å². The van der Waals surface area contributed by atoms with Crippen molar-refractivity contribution in [1.29, 1.82) is 0 Å². The number of rotatable bonds is 11. The van der Waals surface area contributed by atoms with Crippen LogP contribution in [-0.4, -0.2) is 19.9 Å². The van der Waals surface area contributed by atoms with E-state index in [1.807, 2.05) is 22.7 Å². The number of thiophene rings is 2. The standard InChI is InChI=1S/C104H66N4S2/c1-103(2)87-50-18-15-40-80(87)97-84(48-25-52-89(97)103)101-105-91(75-37-13-11-35-73(75)71-42-21-28-63-27-9-10-34-69(63)71)62-94(107-101)83-47-24-45-79-86-60-65(56-58-96(86)110-100(79)83)64-55-57-70-66(59-64)29-22-43-72(70)74-36-12-14-38-76(74)92-61-93(82-46-23-44-78-77-39-17-20-54-95(77)109-99(78)82)108-102(106-92)85-49-26-53-90-98(85)81-41-16-19-51-88(81)104(90,67-30-5-3-6-31-67)68-32-7-4-8-33-68/h3-62H,1-2H3. The summed E-state index contributed by atoms with van der Waals surface area (Å²) in [5, 5.41) is 9.61. The van der Waals surface area contributed by atoms with Crippen molar-refractivity contribution in [3.63, 3.8) is 0 Å². The zero-order chi connectivity index (χ0) is 72.8. The molecule has 2 aliphatic rings. The quantitative estimate of drug-likeness (QED) is 0.129. The van der Waals surface area contributed by atoms with Crippen LogP contribution in [-0.2, 0) is 10.8 Å². The molecule has 0 atom stereocenters. The molecule has 16 aromatic carbocycles. The summed E-state index contributed by atoms with van der Waals surface area (Å²) in [6.07, 6.45) is 0. The summed E-state index contributed by atoms with van der Waals surface area (Å²) in [5.74, 6) is 1.39. The Morgan fingerprint density at radius 2 is 0.609 bits per heavy atom. The first-order valence-corrected chi connectivity index (χ1v) is 39.4. The summed E-state index contributed by atoms with van der Waals surface area (Å²) < 4.78 is 4.87. The van der Waals surface area contributed by atoms with E-state index in [0.717, 1.165) is 100 Å². The topological polar surface area (TPSA) is 51.6 Å². The lowest BCUT2D eigenvalue weighted by Gasteiger charge is -2.33. The van der Waals surface area contributed by atoms with Gasteiger partial charge < -0.3 is 0 Å². The highest BCUT2D eigenvalue weighted by Gasteiger charge is 2.47. The van der Waals surface area contributed by atoms with Crippen molar-refractivity contribution < 1.29 is 0 Å². The van der Waals surface area contributed by atoms with Crippen LogP contribution in [0.3, 0.4) is 0 Å². The molecule has 0 fully saturated rings. The minimum absolute atomic E-state index is 0.191. The van der Waals surface area contributed by atoms with Crippen molar-refractivity contribution in [1.82, 2.24) is 19.9 Å². The fourth-order valence-electron chi connectivity index (χ4n) is 18.5. The average Bonchev–Trinajstić information content (AvgIpc) is 1.53. The number of hydrogen-bond donors (Lipinski definition) is 0. The maximum Gasteiger partial charge on any atom is 0.161 e. The molecule has 4 aromatic heterocycles. The molecule has 20 aromatic rings. The first-order valence-electron chi connectivity index (χ1n) is 37.7. The summed E-state index contributed by atoms with van der Waals surface area (Å²) in [7, 11) is 0. The van der Waals surface area contributed by atoms with Crippen LogP contribution in [0, 0.1) is 0 Å². The van der Waals surface area contributed by atoms with E-state index < -0.39 is 5.41 Å². The van der Waals surface area contributed by atoms with Gasteiger partial charge in [0.25, 0.3) is 0 Å². The van der Waals surface area contributed by atoms with Crippen LogP contribution in [0.15, 0.2) is 364 Å². The van der Waals surface area contributed by atoms with E-state index in [1.165, 1.54) is 107 Å². The van der Waals surface area contributed by atoms with Crippen LogP contribution < -0.4 is 0 Å². The van der Waals surface area contributed by atoms with Crippen LogP contribution in [0.5, 0.6) is 0 Å². The summed E-state index contributed by atoms with van der Waals surface area (Å²) in [6, 6.07) is 134. The minimum Gasteiger partial charge on any atom is -0.228 e. The van der Waals surface area contributed by atoms with Gasteiger partial charge in [0.2, 0.25) is 0 Å². The van der Waals surface area contributed by atoms with E-state index in [1.54, 1.807) is 0 Å². The highest BCUT2D eigenvalue weighted by Crippen LogP contribution is 2.59. The molecule has 110 heavy (non-hydrogen) atoms. The van der Waals surface area contributed by atoms with E-state index >= 15 is 0 Å². The second-order valence-electron chi connectivity index (χ2n) is 29.7. The molecule has 0 bridgehead atoms. The average molecular weight is 1440 g/mol. The Balaban J connectivity index is 0.671. The molecule has 2 aliphatic carbocycles. The summed E-state index contributed by atoms with van der Waals surface area (Å²) >= 11 is 3.67. The summed E-state index contributed by atoms with van der Waals surface area (Å²) in [4.78, 5) is 22.9. The third-order valence-corrected chi connectivity index (χ3v) is 25.9. The molecule has 0 spiro atoms. The maximum absolute atomic E-state index is 5.81. The number of benzene rings is 16. The predicted molar refractivity (Wildman–Crippen MR) is 462 cm³/mol. The van der Waals surface area contributed by atoms with Gasteiger partial charge in [-0.3, -0.25) is 0 Å². The van der Waals surface area contributed by atoms with Crippen LogP contribution in [0.1, 0.15) is 47.2 Å². The van der Waals surface area contributed by atoms with Crippen molar-refractivity contribution in [2.45, 2.75) is 24.7 Å². The van der Waals surface area contributed by atoms with E-state index in [-0.39, 0.29) is 5.41 Å². The van der Waals surface area contributed by atoms with Gasteiger partial charge >= 0.3 is 0 Å². The lowest BCUT2D eigenvalue weighted by molar-refractivity contribution is 0.660. The van der Waals surface area contributed by atoms with Gasteiger partial charge in [-0.15, -0.1) is 22.7 Å². The lowest BCUT2D eigenvalue weighted by Crippen LogP contribution is -2.28. The van der Waals surface area contributed by atoms with E-state index in [9.17, 15) is 0 Å². The molecule has 4 nitrogen and oxygen atoms in total. The molecule has 0 saturated carbocycles. The van der Waals surface area contributed by atoms with Gasteiger partial charge in [0.1, 0.15) is 0 Å². The lowest BCUT2D eigenvalue weighted by atomic mass is 9.67. The minimum atomic E-state index is -0.592. The maximum atomic E-state index is 5.81. The molecular weight excluding hydrogens is 1370 g/mol. The highest BCUT2D eigenvalue weighted by molar-refractivity contribution is 7.26. The normalized spacial score (nSPS) is 13.1. The second-order valence-corrected chi connectivity index (χ2v) is 31.8. The predicted octanol–water partition coefficient (Wildman–Crippen LogP) is 28.0. The zero-order valence-electron chi connectivity index (χ0n) is 60.2. The first kappa shape index (κ1) is 63.9. The molecule has 0 unspecified atom stereocenters. The molecule has 0 N–H and O–H groups in total. The fraction of sp³-hybridized carbons (Fsp3) is 0.0385. The van der Waals surface area contributed by atoms with Crippen LogP contribution in [0.2, 0.25) is 0 Å². The molecule has 0 aliphatic heterocycles. The largest absolute Gasteiger partial charge is 0.228 e. The second kappa shape index (κ2) is 25.1. The van der Waals surface area contributed by atoms with Gasteiger partial charge in [-0.25, -0.2) is 19.9 Å². The fourth-order valence-corrected chi connectivity index (χ4v) is 20.9. The highest BCUT2D eigenvalue weighted by atomic mass is 32.1. The van der Waals surface area contributed by atoms with Gasteiger partial charge in [-0.05, 0) is 147 Å². The van der Waals surface area contributed by atoms with Gasteiger partial charge in [-0.1, -0.05) is 341 Å². The molecule has 0 radical (unpaired) electrons. The van der Waals surface area contributed by atoms with Crippen molar-refractivity contribution >= 4 is 84.6 Å². The van der Waals surface area contributed by atoms with Crippen LogP contribution >= 0.6 is 22.7 Å². The molecule has 6 heteroatoms. The molecule has 0 saturated heterocycles. The number of hydrogen-bond acceptors (Lipinski definition) is 6. The van der Waals surface area contributed by atoms with Crippen molar-refractivity contribution in [3.05, 3.63) is 397 Å². The Labute approximate surface area is 645 Å². The Bertz CT molecular complexity index is 7160. The summed E-state index contributed by atoms with van der Waals surface area (Å²) in [5.41, 5.74) is 28.1. The Morgan fingerprint density at radius 1 is 0.227 bits per heavy atom. The SMILES string of the molecule is CC1(C)c2ccccc2-c2c(-c3nc(-c4ccccc4-c4cccc5ccccc45)cc(-c4cccc5c4sc4ccc(-c6ccc7c(-c8ccccc8-c8cc(-c9cccc%10c9sc9ccccc9%10)nc(-c9cccc%10c9-c9ccccc9C%10(c9ccccc9)c9ccccc9)n8)cccc7c6)cc45)n3)cccc21. The smallest absolute Gasteiger partial charge is 0.161 e. The van der Waals surface area contributed by atoms with Crippen molar-refractivity contribution in [2.75, 3.05) is 0 Å². The van der Waals surface area contributed by atoms with Gasteiger partial charge in [0.15, 0.2) is 11.6 Å². The number of fused-ring (bicyclic) bond motifs is 14. The zero-order valence-corrected chi connectivity index (χ0v) is 61.9. The van der Waals surface area contributed by atoms with Crippen LogP contribution in [0.4, 0.5) is 0 Å². The molecule has 4 heterocycles. The molecule has 514 valence electrons. The Hall–Kier alpha value is -13.4. The molecule has 22 rings (SSSR count). The van der Waals surface area contributed by atoms with Gasteiger partial charge in [-0.2, -0.15) is 0 Å². The monoisotopic (exact) mass is 1430 g/mol. The third-order valence-electron chi connectivity index (χ3n) is 23.5. The third kappa shape index (κ3) is 9.82. The van der Waals surface area contributed by atoms with E-state index in [0.29, 0.717) is 11.6 Å². The van der Waals surface area contributed by atoms with Crippen molar-refractivity contribution in [3.8, 4) is 123 Å². The Kier molecular flexibility index (Phi) is 14.6. The molecular formula is C104H66N4S2. The summed E-state index contributed by atoms with van der Waals surface area (Å²) in [6.45, 7) is 4.68. The van der Waals surface area contributed by atoms with Crippen molar-refractivity contribution in [2.24, 2.45) is 0 Å². The number of aromatic nitrogens is 4. The van der Waals surface area contributed by atoms with Gasteiger partial charge in [0, 0.05) is 79.1 Å².